The maximum Gasteiger partial charge on any atom is 0.307 e. The normalized spacial score (nSPS) is 13.7. The molecule has 1 aromatic carbocycles. The number of ether oxygens (including phenoxy) is 1. The summed E-state index contributed by atoms with van der Waals surface area (Å²) in [6.45, 7) is 9.06. The van der Waals surface area contributed by atoms with Crippen molar-refractivity contribution in [2.75, 3.05) is 6.54 Å². The summed E-state index contributed by atoms with van der Waals surface area (Å²) in [5, 5.41) is 12.8. The van der Waals surface area contributed by atoms with Crippen LogP contribution in [0.1, 0.15) is 45.3 Å². The van der Waals surface area contributed by atoms with Crippen LogP contribution in [0.4, 0.5) is 0 Å². The van der Waals surface area contributed by atoms with Gasteiger partial charge in [0.2, 0.25) is 5.91 Å². The van der Waals surface area contributed by atoms with Gasteiger partial charge in [-0.05, 0) is 32.8 Å². The van der Waals surface area contributed by atoms with E-state index in [0.29, 0.717) is 6.42 Å². The van der Waals surface area contributed by atoms with Gasteiger partial charge in [-0.15, -0.1) is 6.58 Å². The van der Waals surface area contributed by atoms with E-state index in [1.54, 1.807) is 39.0 Å². The summed E-state index contributed by atoms with van der Waals surface area (Å²) in [4.78, 5) is 24.2. The minimum Gasteiger partial charge on any atom is -0.460 e. The Morgan fingerprint density at radius 1 is 1.29 bits per heavy atom. The van der Waals surface area contributed by atoms with Gasteiger partial charge in [0, 0.05) is 6.54 Å². The van der Waals surface area contributed by atoms with Crippen molar-refractivity contribution in [2.24, 2.45) is 5.92 Å². The first kappa shape index (κ1) is 19.9. The van der Waals surface area contributed by atoms with E-state index in [-0.39, 0.29) is 18.9 Å². The highest BCUT2D eigenvalue weighted by Crippen LogP contribution is 2.16. The van der Waals surface area contributed by atoms with E-state index in [4.69, 9.17) is 4.74 Å². The molecule has 5 heteroatoms. The van der Waals surface area contributed by atoms with E-state index < -0.39 is 23.6 Å². The molecule has 0 fully saturated rings. The molecule has 0 aliphatic carbocycles. The maximum absolute atomic E-state index is 12.3. The van der Waals surface area contributed by atoms with E-state index in [1.807, 2.05) is 18.2 Å². The molecule has 1 unspecified atom stereocenters. The summed E-state index contributed by atoms with van der Waals surface area (Å²) in [6, 6.07) is 9.08. The molecule has 0 saturated carbocycles. The molecule has 0 bridgehead atoms. The fourth-order valence-corrected chi connectivity index (χ4v) is 2.20. The van der Waals surface area contributed by atoms with Crippen molar-refractivity contribution < 1.29 is 19.4 Å². The molecule has 2 N–H and O–H groups in total. The van der Waals surface area contributed by atoms with Crippen molar-refractivity contribution in [2.45, 2.75) is 45.3 Å². The molecular formula is C19H27NO4. The number of carbonyl (C=O) groups is 2. The summed E-state index contributed by atoms with van der Waals surface area (Å²) < 4.78 is 5.26. The first-order valence-electron chi connectivity index (χ1n) is 8.06. The van der Waals surface area contributed by atoms with Crippen LogP contribution in [0, 0.1) is 5.92 Å². The summed E-state index contributed by atoms with van der Waals surface area (Å²) in [5.74, 6) is -1.27. The Morgan fingerprint density at radius 3 is 2.46 bits per heavy atom. The quantitative estimate of drug-likeness (QED) is 0.566. The lowest BCUT2D eigenvalue weighted by Gasteiger charge is -2.22. The second-order valence-electron chi connectivity index (χ2n) is 6.68. The molecule has 0 saturated heterocycles. The third-order valence-corrected chi connectivity index (χ3v) is 3.31. The number of carbonyl (C=O) groups excluding carboxylic acids is 2. The van der Waals surface area contributed by atoms with Gasteiger partial charge in [-0.1, -0.05) is 36.4 Å². The Kier molecular flexibility index (Phi) is 7.65. The van der Waals surface area contributed by atoms with Crippen LogP contribution in [0.5, 0.6) is 0 Å². The van der Waals surface area contributed by atoms with Gasteiger partial charge in [-0.2, -0.15) is 0 Å². The lowest BCUT2D eigenvalue weighted by atomic mass is 10.00. The molecule has 1 amide bonds. The number of aliphatic hydroxyl groups is 1. The average Bonchev–Trinajstić information content (AvgIpc) is 2.51. The lowest BCUT2D eigenvalue weighted by Crippen LogP contribution is -2.36. The molecule has 24 heavy (non-hydrogen) atoms. The van der Waals surface area contributed by atoms with E-state index >= 15 is 0 Å². The molecule has 0 heterocycles. The smallest absolute Gasteiger partial charge is 0.307 e. The van der Waals surface area contributed by atoms with Gasteiger partial charge in [0.15, 0.2) is 0 Å². The van der Waals surface area contributed by atoms with Crippen LogP contribution in [0.15, 0.2) is 43.0 Å². The summed E-state index contributed by atoms with van der Waals surface area (Å²) in [6.07, 6.45) is 1.16. The molecule has 2 atom stereocenters. The molecule has 1 aromatic rings. The standard InChI is InChI=1S/C19H27NO4/c1-5-9-15(12-17(22)24-19(2,3)4)18(23)20-13-16(21)14-10-7-6-8-11-14/h5-8,10-11,15-16,21H,1,9,12-13H2,2-4H3,(H,20,23)/t15?,16-/m1/s1. The predicted octanol–water partition coefficient (Wildman–Crippen LogP) is 2.76. The molecular weight excluding hydrogens is 306 g/mol. The summed E-state index contributed by atoms with van der Waals surface area (Å²) in [7, 11) is 0. The zero-order valence-electron chi connectivity index (χ0n) is 14.6. The monoisotopic (exact) mass is 333 g/mol. The Balaban J connectivity index is 2.57. The maximum atomic E-state index is 12.3. The second kappa shape index (κ2) is 9.23. The van der Waals surface area contributed by atoms with Crippen molar-refractivity contribution >= 4 is 11.9 Å². The zero-order chi connectivity index (χ0) is 18.2. The molecule has 0 aromatic heterocycles. The number of benzene rings is 1. The third-order valence-electron chi connectivity index (χ3n) is 3.31. The van der Waals surface area contributed by atoms with E-state index in [0.717, 1.165) is 5.56 Å². The number of aliphatic hydroxyl groups excluding tert-OH is 1. The molecule has 1 rings (SSSR count). The Labute approximate surface area is 143 Å². The Morgan fingerprint density at radius 2 is 1.92 bits per heavy atom. The largest absolute Gasteiger partial charge is 0.460 e. The minimum absolute atomic E-state index is 0.0173. The topological polar surface area (TPSA) is 75.6 Å². The highest BCUT2D eigenvalue weighted by Gasteiger charge is 2.25. The predicted molar refractivity (Wildman–Crippen MR) is 93.2 cm³/mol. The fourth-order valence-electron chi connectivity index (χ4n) is 2.20. The fraction of sp³-hybridized carbons (Fsp3) is 0.474. The molecule has 5 nitrogen and oxygen atoms in total. The van der Waals surface area contributed by atoms with Crippen LogP contribution in [0.2, 0.25) is 0 Å². The highest BCUT2D eigenvalue weighted by atomic mass is 16.6. The molecule has 0 spiro atoms. The average molecular weight is 333 g/mol. The van der Waals surface area contributed by atoms with Crippen LogP contribution >= 0.6 is 0 Å². The van der Waals surface area contributed by atoms with Crippen LogP contribution < -0.4 is 5.32 Å². The molecule has 132 valence electrons. The van der Waals surface area contributed by atoms with E-state index in [1.165, 1.54) is 0 Å². The van der Waals surface area contributed by atoms with Gasteiger partial charge in [0.05, 0.1) is 18.4 Å². The van der Waals surface area contributed by atoms with Crippen molar-refractivity contribution in [3.05, 3.63) is 48.6 Å². The summed E-state index contributed by atoms with van der Waals surface area (Å²) >= 11 is 0. The Bertz CT molecular complexity index is 548. The third kappa shape index (κ3) is 7.42. The number of rotatable bonds is 8. The summed E-state index contributed by atoms with van der Waals surface area (Å²) in [5.41, 5.74) is 0.140. The number of allylic oxidation sites excluding steroid dienone is 1. The van der Waals surface area contributed by atoms with Gasteiger partial charge in [0.1, 0.15) is 5.60 Å². The van der Waals surface area contributed by atoms with Crippen molar-refractivity contribution in [1.29, 1.82) is 0 Å². The van der Waals surface area contributed by atoms with Crippen LogP contribution in [-0.4, -0.2) is 29.1 Å². The van der Waals surface area contributed by atoms with Gasteiger partial charge in [-0.3, -0.25) is 9.59 Å². The first-order chi connectivity index (χ1) is 11.2. The van der Waals surface area contributed by atoms with Gasteiger partial charge < -0.3 is 15.2 Å². The van der Waals surface area contributed by atoms with Crippen molar-refractivity contribution in [3.63, 3.8) is 0 Å². The van der Waals surface area contributed by atoms with Crippen molar-refractivity contribution in [1.82, 2.24) is 5.32 Å². The number of amides is 1. The molecule has 0 aliphatic heterocycles. The number of esters is 1. The van der Waals surface area contributed by atoms with Crippen LogP contribution in [0.25, 0.3) is 0 Å². The minimum atomic E-state index is -0.791. The molecule has 0 aliphatic rings. The first-order valence-corrected chi connectivity index (χ1v) is 8.06. The Hall–Kier alpha value is -2.14. The van der Waals surface area contributed by atoms with Gasteiger partial charge >= 0.3 is 5.97 Å². The zero-order valence-corrected chi connectivity index (χ0v) is 14.6. The number of nitrogens with one attached hydrogen (secondary N) is 1. The van der Waals surface area contributed by atoms with Crippen LogP contribution in [-0.2, 0) is 14.3 Å². The van der Waals surface area contributed by atoms with Crippen LogP contribution in [0.3, 0.4) is 0 Å². The van der Waals surface area contributed by atoms with E-state index in [2.05, 4.69) is 11.9 Å². The number of hydrogen-bond acceptors (Lipinski definition) is 4. The lowest BCUT2D eigenvalue weighted by molar-refractivity contribution is -0.157. The second-order valence-corrected chi connectivity index (χ2v) is 6.68. The van der Waals surface area contributed by atoms with Gasteiger partial charge in [-0.25, -0.2) is 0 Å². The SMILES string of the molecule is C=CCC(CC(=O)OC(C)(C)C)C(=O)NC[C@@H](O)c1ccccc1. The van der Waals surface area contributed by atoms with E-state index in [9.17, 15) is 14.7 Å². The van der Waals surface area contributed by atoms with Gasteiger partial charge in [0.25, 0.3) is 0 Å². The molecule has 0 radical (unpaired) electrons. The van der Waals surface area contributed by atoms with Crippen molar-refractivity contribution in [3.8, 4) is 0 Å². The highest BCUT2D eigenvalue weighted by molar-refractivity contribution is 5.84. The number of hydrogen-bond donors (Lipinski definition) is 2.